The van der Waals surface area contributed by atoms with Crippen LogP contribution in [0, 0.1) is 13.8 Å². The first kappa shape index (κ1) is 14.8. The molecule has 0 aliphatic rings. The van der Waals surface area contributed by atoms with E-state index in [9.17, 15) is 9.59 Å². The van der Waals surface area contributed by atoms with E-state index in [1.165, 1.54) is 0 Å². The summed E-state index contributed by atoms with van der Waals surface area (Å²) >= 11 is 0. The summed E-state index contributed by atoms with van der Waals surface area (Å²) in [7, 11) is 0. The lowest BCUT2D eigenvalue weighted by molar-refractivity contribution is -0.119. The maximum atomic E-state index is 11.8. The molecule has 2 rings (SSSR count). The molecule has 0 bridgehead atoms. The zero-order valence-electron chi connectivity index (χ0n) is 12.1. The second-order valence-corrected chi connectivity index (χ2v) is 4.81. The van der Waals surface area contributed by atoms with Crippen LogP contribution in [-0.2, 0) is 9.53 Å². The number of hydrogen-bond acceptors (Lipinski definition) is 3. The van der Waals surface area contributed by atoms with Crippen LogP contribution in [0.4, 0.5) is 5.69 Å². The predicted molar refractivity (Wildman–Crippen MR) is 81.3 cm³/mol. The van der Waals surface area contributed by atoms with E-state index >= 15 is 0 Å². The molecule has 1 amide bonds. The Morgan fingerprint density at radius 3 is 2.33 bits per heavy atom. The average molecular weight is 283 g/mol. The van der Waals surface area contributed by atoms with Gasteiger partial charge in [0.2, 0.25) is 0 Å². The number of anilines is 1. The number of amides is 1. The van der Waals surface area contributed by atoms with Crippen LogP contribution in [0.25, 0.3) is 0 Å². The number of nitrogens with one attached hydrogen (secondary N) is 1. The van der Waals surface area contributed by atoms with Crippen LogP contribution >= 0.6 is 0 Å². The summed E-state index contributed by atoms with van der Waals surface area (Å²) in [6, 6.07) is 14.4. The molecule has 0 fully saturated rings. The maximum Gasteiger partial charge on any atom is 0.338 e. The highest BCUT2D eigenvalue weighted by atomic mass is 16.5. The highest BCUT2D eigenvalue weighted by Crippen LogP contribution is 2.13. The minimum atomic E-state index is -0.505. The van der Waals surface area contributed by atoms with Gasteiger partial charge in [-0.2, -0.15) is 0 Å². The first-order chi connectivity index (χ1) is 10.1. The normalized spacial score (nSPS) is 10.0. The number of para-hydroxylation sites is 1. The quantitative estimate of drug-likeness (QED) is 0.877. The number of hydrogen-bond donors (Lipinski definition) is 1. The lowest BCUT2D eigenvalue weighted by Gasteiger charge is -2.08. The van der Waals surface area contributed by atoms with Crippen molar-refractivity contribution in [1.29, 1.82) is 0 Å². The maximum absolute atomic E-state index is 11.8. The lowest BCUT2D eigenvalue weighted by atomic mass is 10.1. The van der Waals surface area contributed by atoms with E-state index < -0.39 is 5.97 Å². The van der Waals surface area contributed by atoms with Gasteiger partial charge in [-0.15, -0.1) is 0 Å². The van der Waals surface area contributed by atoms with Gasteiger partial charge in [-0.1, -0.05) is 35.9 Å². The summed E-state index contributed by atoms with van der Waals surface area (Å²) < 4.78 is 4.99. The predicted octanol–water partition coefficient (Wildman–Crippen LogP) is 3.10. The number of aryl methyl sites for hydroxylation is 2. The molecule has 0 spiro atoms. The van der Waals surface area contributed by atoms with Crippen molar-refractivity contribution in [2.24, 2.45) is 0 Å². The van der Waals surface area contributed by atoms with Crippen LogP contribution in [0.1, 0.15) is 21.5 Å². The number of benzene rings is 2. The van der Waals surface area contributed by atoms with Gasteiger partial charge in [0.1, 0.15) is 0 Å². The highest BCUT2D eigenvalue weighted by Gasteiger charge is 2.10. The Labute approximate surface area is 123 Å². The Bertz CT molecular complexity index is 647. The number of carbonyl (C=O) groups is 2. The minimum absolute atomic E-state index is 0.305. The Morgan fingerprint density at radius 1 is 1.00 bits per heavy atom. The molecule has 0 saturated heterocycles. The summed E-state index contributed by atoms with van der Waals surface area (Å²) in [6.45, 7) is 3.53. The molecule has 0 unspecified atom stereocenters. The Balaban J connectivity index is 1.88. The second kappa shape index (κ2) is 6.70. The van der Waals surface area contributed by atoms with Gasteiger partial charge >= 0.3 is 5.97 Å². The van der Waals surface area contributed by atoms with Crippen LogP contribution in [-0.4, -0.2) is 18.5 Å². The molecule has 108 valence electrons. The number of rotatable bonds is 4. The first-order valence-electron chi connectivity index (χ1n) is 6.65. The topological polar surface area (TPSA) is 55.4 Å². The molecule has 0 saturated carbocycles. The van der Waals surface area contributed by atoms with Crippen molar-refractivity contribution in [3.8, 4) is 0 Å². The lowest BCUT2D eigenvalue weighted by Crippen LogP contribution is -2.21. The van der Waals surface area contributed by atoms with Crippen molar-refractivity contribution in [1.82, 2.24) is 0 Å². The summed E-state index contributed by atoms with van der Waals surface area (Å²) in [5, 5.41) is 2.71. The summed E-state index contributed by atoms with van der Waals surface area (Å²) in [5.41, 5.74) is 3.16. The van der Waals surface area contributed by atoms with Crippen LogP contribution in [0.3, 0.4) is 0 Å². The van der Waals surface area contributed by atoms with Gasteiger partial charge in [-0.05, 0) is 37.6 Å². The summed E-state index contributed by atoms with van der Waals surface area (Å²) in [5.74, 6) is -0.861. The fourth-order valence-corrected chi connectivity index (χ4v) is 1.80. The largest absolute Gasteiger partial charge is 0.452 e. The molecule has 21 heavy (non-hydrogen) atoms. The van der Waals surface area contributed by atoms with Gasteiger partial charge in [0.05, 0.1) is 5.56 Å². The molecule has 0 heterocycles. The van der Waals surface area contributed by atoms with E-state index in [0.717, 1.165) is 11.1 Å². The molecule has 2 aromatic carbocycles. The van der Waals surface area contributed by atoms with Crippen LogP contribution in [0.5, 0.6) is 0 Å². The molecular formula is C17H17NO3. The van der Waals surface area contributed by atoms with Gasteiger partial charge in [-0.3, -0.25) is 4.79 Å². The fraction of sp³-hybridized carbons (Fsp3) is 0.176. The van der Waals surface area contributed by atoms with Crippen LogP contribution in [0.15, 0.2) is 48.5 Å². The number of esters is 1. The zero-order valence-corrected chi connectivity index (χ0v) is 12.1. The van der Waals surface area contributed by atoms with E-state index in [-0.39, 0.29) is 12.5 Å². The molecule has 2 aromatic rings. The van der Waals surface area contributed by atoms with Gasteiger partial charge in [0.25, 0.3) is 5.91 Å². The van der Waals surface area contributed by atoms with Crippen molar-refractivity contribution < 1.29 is 14.3 Å². The Morgan fingerprint density at radius 2 is 1.67 bits per heavy atom. The minimum Gasteiger partial charge on any atom is -0.452 e. The third-order valence-electron chi connectivity index (χ3n) is 3.04. The molecule has 0 radical (unpaired) electrons. The third-order valence-corrected chi connectivity index (χ3v) is 3.04. The van der Waals surface area contributed by atoms with E-state index in [4.69, 9.17) is 4.74 Å². The molecule has 0 aliphatic heterocycles. The van der Waals surface area contributed by atoms with Gasteiger partial charge < -0.3 is 10.1 Å². The zero-order chi connectivity index (χ0) is 15.2. The molecular weight excluding hydrogens is 266 g/mol. The number of ether oxygens (including phenoxy) is 1. The molecule has 0 atom stereocenters. The van der Waals surface area contributed by atoms with E-state index in [1.807, 2.05) is 44.2 Å². The SMILES string of the molecule is Cc1ccc(C(=O)OCC(=O)Nc2ccccc2C)cc1. The molecule has 0 aliphatic carbocycles. The highest BCUT2D eigenvalue weighted by molar-refractivity contribution is 5.95. The van der Waals surface area contributed by atoms with Crippen molar-refractivity contribution >= 4 is 17.6 Å². The van der Waals surface area contributed by atoms with Crippen molar-refractivity contribution in [2.75, 3.05) is 11.9 Å². The van der Waals surface area contributed by atoms with Gasteiger partial charge in [0, 0.05) is 5.69 Å². The standard InChI is InChI=1S/C17H17NO3/c1-12-7-9-14(10-8-12)17(20)21-11-16(19)18-15-6-4-3-5-13(15)2/h3-10H,11H2,1-2H3,(H,18,19). The van der Waals surface area contributed by atoms with Gasteiger partial charge in [0.15, 0.2) is 6.61 Å². The van der Waals surface area contributed by atoms with Crippen LogP contribution in [0.2, 0.25) is 0 Å². The summed E-state index contributed by atoms with van der Waals surface area (Å²) in [6.07, 6.45) is 0. The first-order valence-corrected chi connectivity index (χ1v) is 6.65. The van der Waals surface area contributed by atoms with Crippen molar-refractivity contribution in [3.63, 3.8) is 0 Å². The fourth-order valence-electron chi connectivity index (χ4n) is 1.80. The van der Waals surface area contributed by atoms with E-state index in [2.05, 4.69) is 5.32 Å². The smallest absolute Gasteiger partial charge is 0.338 e. The molecule has 4 nitrogen and oxygen atoms in total. The summed E-state index contributed by atoms with van der Waals surface area (Å²) in [4.78, 5) is 23.5. The second-order valence-electron chi connectivity index (χ2n) is 4.81. The number of carbonyl (C=O) groups excluding carboxylic acids is 2. The Hall–Kier alpha value is -2.62. The van der Waals surface area contributed by atoms with Crippen LogP contribution < -0.4 is 5.32 Å². The average Bonchev–Trinajstić information content (AvgIpc) is 2.48. The van der Waals surface area contributed by atoms with Crippen molar-refractivity contribution in [3.05, 3.63) is 65.2 Å². The van der Waals surface area contributed by atoms with E-state index in [0.29, 0.717) is 11.3 Å². The third kappa shape index (κ3) is 4.18. The molecule has 0 aromatic heterocycles. The van der Waals surface area contributed by atoms with E-state index in [1.54, 1.807) is 18.2 Å². The molecule has 4 heteroatoms. The van der Waals surface area contributed by atoms with Gasteiger partial charge in [-0.25, -0.2) is 4.79 Å². The van der Waals surface area contributed by atoms with Crippen molar-refractivity contribution in [2.45, 2.75) is 13.8 Å². The molecule has 1 N–H and O–H groups in total. The Kier molecular flexibility index (Phi) is 4.72. The monoisotopic (exact) mass is 283 g/mol.